The van der Waals surface area contributed by atoms with Gasteiger partial charge in [-0.15, -0.1) is 0 Å². The van der Waals surface area contributed by atoms with Crippen LogP contribution in [0.1, 0.15) is 12.8 Å². The zero-order valence-electron chi connectivity index (χ0n) is 12.5. The second-order valence-electron chi connectivity index (χ2n) is 5.47. The lowest BCUT2D eigenvalue weighted by molar-refractivity contribution is 0.293. The van der Waals surface area contributed by atoms with Gasteiger partial charge in [-0.2, -0.15) is 4.31 Å². The lowest BCUT2D eigenvalue weighted by Gasteiger charge is -2.31. The highest BCUT2D eigenvalue weighted by atomic mass is 32.2. The Balaban J connectivity index is 2.05. The van der Waals surface area contributed by atoms with Gasteiger partial charge in [-0.05, 0) is 26.0 Å². The lowest BCUT2D eigenvalue weighted by atomic mass is 10.1. The maximum Gasteiger partial charge on any atom is 0.327 e. The predicted molar refractivity (Wildman–Crippen MR) is 83.8 cm³/mol. The number of hydrogen-bond donors (Lipinski definition) is 3. The molecule has 0 aliphatic carbocycles. The normalized spacial score (nSPS) is 20.0. The van der Waals surface area contributed by atoms with Crippen molar-refractivity contribution in [3.8, 4) is 0 Å². The molecule has 3 heterocycles. The van der Waals surface area contributed by atoms with Crippen molar-refractivity contribution in [2.45, 2.75) is 23.8 Å². The Bertz CT molecular complexity index is 949. The third-order valence-electron chi connectivity index (χ3n) is 4.00. The molecule has 1 saturated heterocycles. The molecule has 1 atom stereocenters. The molecule has 0 spiro atoms. The van der Waals surface area contributed by atoms with Crippen LogP contribution in [0.4, 0.5) is 0 Å². The molecule has 1 fully saturated rings. The Hall–Kier alpha value is -2.04. The van der Waals surface area contributed by atoms with E-state index in [0.29, 0.717) is 13.1 Å². The first kappa shape index (κ1) is 15.8. The van der Waals surface area contributed by atoms with E-state index in [1.54, 1.807) is 7.05 Å². The van der Waals surface area contributed by atoms with Crippen molar-refractivity contribution in [1.82, 2.24) is 24.6 Å². The summed E-state index contributed by atoms with van der Waals surface area (Å²) in [6.07, 6.45) is 2.84. The van der Waals surface area contributed by atoms with Gasteiger partial charge in [0.25, 0.3) is 5.56 Å². The molecule has 1 aliphatic rings. The number of aromatic amines is 2. The van der Waals surface area contributed by atoms with Gasteiger partial charge < -0.3 is 5.32 Å². The summed E-state index contributed by atoms with van der Waals surface area (Å²) in [4.78, 5) is 31.3. The summed E-state index contributed by atoms with van der Waals surface area (Å²) in [5.41, 5.74) is -1.29. The van der Waals surface area contributed by atoms with E-state index in [9.17, 15) is 18.0 Å². The number of aromatic nitrogens is 3. The van der Waals surface area contributed by atoms with Crippen molar-refractivity contribution in [2.75, 3.05) is 20.1 Å². The van der Waals surface area contributed by atoms with E-state index >= 15 is 0 Å². The first-order valence-corrected chi connectivity index (χ1v) is 8.65. The molecule has 1 aliphatic heterocycles. The van der Waals surface area contributed by atoms with Crippen molar-refractivity contribution in [3.05, 3.63) is 33.1 Å². The Morgan fingerprint density at radius 2 is 2.13 bits per heavy atom. The van der Waals surface area contributed by atoms with Crippen LogP contribution in [0.25, 0.3) is 11.0 Å². The van der Waals surface area contributed by atoms with Crippen LogP contribution in [0.15, 0.2) is 26.7 Å². The second-order valence-corrected chi connectivity index (χ2v) is 7.40. The van der Waals surface area contributed by atoms with E-state index in [2.05, 4.69) is 20.3 Å². The minimum absolute atomic E-state index is 0.0350. The summed E-state index contributed by atoms with van der Waals surface area (Å²) in [6.45, 7) is 0.805. The van der Waals surface area contributed by atoms with Gasteiger partial charge >= 0.3 is 5.69 Å². The molecule has 2 aromatic rings. The molecule has 10 heteroatoms. The van der Waals surface area contributed by atoms with E-state index in [0.717, 1.165) is 19.0 Å². The standard InChI is InChI=1S/C13H17N5O4S/c1-14-8-3-2-4-18(7-8)23(21,22)9-5-10-11(15-6-9)16-13(20)17-12(10)19/h5-6,8,14H,2-4,7H2,1H3,(H2,15,16,17,19,20). The number of piperidine rings is 1. The van der Waals surface area contributed by atoms with Crippen molar-refractivity contribution < 1.29 is 8.42 Å². The van der Waals surface area contributed by atoms with Gasteiger partial charge in [0, 0.05) is 25.3 Å². The molecule has 3 N–H and O–H groups in total. The molecule has 9 nitrogen and oxygen atoms in total. The molecule has 0 radical (unpaired) electrons. The molecule has 2 aromatic heterocycles. The Labute approximate surface area is 131 Å². The van der Waals surface area contributed by atoms with Crippen LogP contribution in [-0.2, 0) is 10.0 Å². The van der Waals surface area contributed by atoms with Crippen LogP contribution in [0.2, 0.25) is 0 Å². The molecular formula is C13H17N5O4S. The SMILES string of the molecule is CNC1CCCN(S(=O)(=O)c2cnc3[nH]c(=O)[nH]c(=O)c3c2)C1. The fourth-order valence-corrected chi connectivity index (χ4v) is 4.21. The second kappa shape index (κ2) is 5.87. The first-order chi connectivity index (χ1) is 10.9. The van der Waals surface area contributed by atoms with E-state index < -0.39 is 21.3 Å². The monoisotopic (exact) mass is 339 g/mol. The van der Waals surface area contributed by atoms with Gasteiger partial charge in [-0.1, -0.05) is 0 Å². The van der Waals surface area contributed by atoms with E-state index in [4.69, 9.17) is 0 Å². The third kappa shape index (κ3) is 2.92. The quantitative estimate of drug-likeness (QED) is 0.657. The topological polar surface area (TPSA) is 128 Å². The summed E-state index contributed by atoms with van der Waals surface area (Å²) in [5.74, 6) is 0. The van der Waals surface area contributed by atoms with Crippen LogP contribution in [0, 0.1) is 0 Å². The number of fused-ring (bicyclic) bond motifs is 1. The van der Waals surface area contributed by atoms with Gasteiger partial charge in [0.15, 0.2) is 0 Å². The number of nitrogens with one attached hydrogen (secondary N) is 3. The maximum atomic E-state index is 12.7. The minimum Gasteiger partial charge on any atom is -0.316 e. The number of nitrogens with zero attached hydrogens (tertiary/aromatic N) is 2. The van der Waals surface area contributed by atoms with Gasteiger partial charge in [-0.25, -0.2) is 18.2 Å². The Kier molecular flexibility index (Phi) is 4.04. The summed E-state index contributed by atoms with van der Waals surface area (Å²) >= 11 is 0. The van der Waals surface area contributed by atoms with Gasteiger partial charge in [0.1, 0.15) is 10.5 Å². The van der Waals surface area contributed by atoms with Crippen LogP contribution in [0.3, 0.4) is 0 Å². The van der Waals surface area contributed by atoms with Crippen LogP contribution in [-0.4, -0.2) is 53.9 Å². The van der Waals surface area contributed by atoms with Crippen molar-refractivity contribution in [2.24, 2.45) is 0 Å². The zero-order valence-corrected chi connectivity index (χ0v) is 13.3. The largest absolute Gasteiger partial charge is 0.327 e. The molecule has 0 saturated carbocycles. The fourth-order valence-electron chi connectivity index (χ4n) is 2.71. The number of sulfonamides is 1. The van der Waals surface area contributed by atoms with Crippen molar-refractivity contribution in [1.29, 1.82) is 0 Å². The Morgan fingerprint density at radius 3 is 2.87 bits per heavy atom. The fraction of sp³-hybridized carbons (Fsp3) is 0.462. The zero-order chi connectivity index (χ0) is 16.6. The summed E-state index contributed by atoms with van der Waals surface area (Å²) in [5, 5.41) is 3.12. The lowest BCUT2D eigenvalue weighted by Crippen LogP contribution is -2.46. The number of H-pyrrole nitrogens is 2. The van der Waals surface area contributed by atoms with E-state index in [1.165, 1.54) is 10.4 Å². The molecule has 3 rings (SSSR count). The molecule has 23 heavy (non-hydrogen) atoms. The van der Waals surface area contributed by atoms with Crippen LogP contribution < -0.4 is 16.6 Å². The van der Waals surface area contributed by atoms with Crippen LogP contribution >= 0.6 is 0 Å². The highest BCUT2D eigenvalue weighted by Crippen LogP contribution is 2.21. The first-order valence-electron chi connectivity index (χ1n) is 7.21. The van der Waals surface area contributed by atoms with Crippen molar-refractivity contribution >= 4 is 21.1 Å². The summed E-state index contributed by atoms with van der Waals surface area (Å²) < 4.78 is 26.9. The Morgan fingerprint density at radius 1 is 1.35 bits per heavy atom. The van der Waals surface area contributed by atoms with Gasteiger partial charge in [0.2, 0.25) is 10.0 Å². The summed E-state index contributed by atoms with van der Waals surface area (Å²) in [6, 6.07) is 1.35. The van der Waals surface area contributed by atoms with Gasteiger partial charge in [0.05, 0.1) is 5.39 Å². The highest BCUT2D eigenvalue weighted by Gasteiger charge is 2.30. The predicted octanol–water partition coefficient (Wildman–Crippen LogP) is -1.02. The molecule has 124 valence electrons. The smallest absolute Gasteiger partial charge is 0.316 e. The summed E-state index contributed by atoms with van der Waals surface area (Å²) in [7, 11) is -1.94. The van der Waals surface area contributed by atoms with Gasteiger partial charge in [-0.3, -0.25) is 14.8 Å². The number of hydrogen-bond acceptors (Lipinski definition) is 6. The molecular weight excluding hydrogens is 322 g/mol. The number of likely N-dealkylation sites (N-methyl/N-ethyl adjacent to an activating group) is 1. The molecule has 0 bridgehead atoms. The average molecular weight is 339 g/mol. The van der Waals surface area contributed by atoms with Crippen LogP contribution in [0.5, 0.6) is 0 Å². The highest BCUT2D eigenvalue weighted by molar-refractivity contribution is 7.89. The number of rotatable bonds is 3. The average Bonchev–Trinajstić information content (AvgIpc) is 2.54. The molecule has 1 unspecified atom stereocenters. The molecule has 0 amide bonds. The van der Waals surface area contributed by atoms with E-state index in [-0.39, 0.29) is 22.0 Å². The molecule has 0 aromatic carbocycles. The third-order valence-corrected chi connectivity index (χ3v) is 5.83. The minimum atomic E-state index is -3.74. The van der Waals surface area contributed by atoms with Crippen molar-refractivity contribution in [3.63, 3.8) is 0 Å². The maximum absolute atomic E-state index is 12.7. The number of pyridine rings is 1. The van der Waals surface area contributed by atoms with E-state index in [1.807, 2.05) is 0 Å².